The van der Waals surface area contributed by atoms with Crippen LogP contribution in [0.4, 0.5) is 5.69 Å². The van der Waals surface area contributed by atoms with Gasteiger partial charge in [-0.3, -0.25) is 4.79 Å². The van der Waals surface area contributed by atoms with Gasteiger partial charge in [0.25, 0.3) is 0 Å². The van der Waals surface area contributed by atoms with Gasteiger partial charge in [0.05, 0.1) is 5.69 Å². The maximum Gasteiger partial charge on any atom is 0.245 e. The average Bonchev–Trinajstić information content (AvgIpc) is 3.09. The van der Waals surface area contributed by atoms with Gasteiger partial charge in [0.15, 0.2) is 0 Å². The van der Waals surface area contributed by atoms with Crippen molar-refractivity contribution in [2.75, 3.05) is 25.4 Å². The summed E-state index contributed by atoms with van der Waals surface area (Å²) in [5, 5.41) is 0. The Morgan fingerprint density at radius 1 is 1.04 bits per heavy atom. The first-order chi connectivity index (χ1) is 11.0. The highest BCUT2D eigenvalue weighted by atomic mass is 32.2. The lowest BCUT2D eigenvalue weighted by Crippen LogP contribution is -2.52. The molecule has 0 spiro atoms. The number of benzene rings is 1. The number of likely N-dealkylation sites (tertiary alicyclic amines) is 1. The van der Waals surface area contributed by atoms with E-state index < -0.39 is 16.1 Å². The number of carbonyl (C=O) groups is 1. The molecule has 7 heteroatoms. The summed E-state index contributed by atoms with van der Waals surface area (Å²) < 4.78 is 27.4. The number of hydrogen-bond acceptors (Lipinski definition) is 4. The molecule has 2 heterocycles. The van der Waals surface area contributed by atoms with E-state index in [4.69, 9.17) is 5.73 Å². The summed E-state index contributed by atoms with van der Waals surface area (Å²) >= 11 is 0. The highest BCUT2D eigenvalue weighted by molar-refractivity contribution is 7.89. The Bertz CT molecular complexity index is 684. The fourth-order valence-corrected chi connectivity index (χ4v) is 5.20. The summed E-state index contributed by atoms with van der Waals surface area (Å²) in [7, 11) is -3.76. The number of nitrogen functional groups attached to an aromatic ring is 1. The van der Waals surface area contributed by atoms with Crippen molar-refractivity contribution in [3.8, 4) is 0 Å². The molecule has 2 aliphatic rings. The molecule has 0 aliphatic carbocycles. The molecule has 1 amide bonds. The number of hydrogen-bond donors (Lipinski definition) is 1. The zero-order chi connectivity index (χ0) is 16.4. The second-order valence-electron chi connectivity index (χ2n) is 6.20. The Morgan fingerprint density at radius 3 is 2.39 bits per heavy atom. The zero-order valence-electron chi connectivity index (χ0n) is 13.1. The van der Waals surface area contributed by atoms with Crippen molar-refractivity contribution in [3.63, 3.8) is 0 Å². The maximum atomic E-state index is 13.0. The van der Waals surface area contributed by atoms with Crippen molar-refractivity contribution in [2.24, 2.45) is 0 Å². The third-order valence-corrected chi connectivity index (χ3v) is 6.64. The maximum absolute atomic E-state index is 13.0. The van der Waals surface area contributed by atoms with E-state index in [-0.39, 0.29) is 16.5 Å². The van der Waals surface area contributed by atoms with E-state index in [0.29, 0.717) is 13.0 Å². The fraction of sp³-hybridized carbons (Fsp3) is 0.562. The molecule has 0 aromatic heterocycles. The summed E-state index contributed by atoms with van der Waals surface area (Å²) in [4.78, 5) is 14.7. The standard InChI is InChI=1S/C16H23N3O3S/c17-13-7-1-2-9-15(13)23(21,22)19-12-4-3-8-14(19)16(20)18-10-5-6-11-18/h1-2,7,9,14H,3-6,8,10-12,17H2. The predicted molar refractivity (Wildman–Crippen MR) is 88.2 cm³/mol. The number of para-hydroxylation sites is 1. The lowest BCUT2D eigenvalue weighted by Gasteiger charge is -2.35. The van der Waals surface area contributed by atoms with Crippen molar-refractivity contribution in [2.45, 2.75) is 43.0 Å². The molecule has 0 bridgehead atoms. The number of piperidine rings is 1. The van der Waals surface area contributed by atoms with E-state index in [1.165, 1.54) is 10.4 Å². The molecule has 0 radical (unpaired) electrons. The Labute approximate surface area is 137 Å². The molecule has 2 saturated heterocycles. The smallest absolute Gasteiger partial charge is 0.245 e. The van der Waals surface area contributed by atoms with Gasteiger partial charge < -0.3 is 10.6 Å². The highest BCUT2D eigenvalue weighted by Gasteiger charge is 2.40. The molecule has 1 unspecified atom stereocenters. The molecule has 126 valence electrons. The Morgan fingerprint density at radius 2 is 1.70 bits per heavy atom. The number of nitrogens with zero attached hydrogens (tertiary/aromatic N) is 2. The molecule has 23 heavy (non-hydrogen) atoms. The van der Waals surface area contributed by atoms with Gasteiger partial charge >= 0.3 is 0 Å². The first-order valence-electron chi connectivity index (χ1n) is 8.17. The number of sulfonamides is 1. The van der Waals surface area contributed by atoms with Crippen LogP contribution in [0.1, 0.15) is 32.1 Å². The van der Waals surface area contributed by atoms with Crippen LogP contribution < -0.4 is 5.73 Å². The third kappa shape index (κ3) is 3.07. The minimum Gasteiger partial charge on any atom is -0.398 e. The van der Waals surface area contributed by atoms with E-state index in [1.54, 1.807) is 23.1 Å². The lowest BCUT2D eigenvalue weighted by atomic mass is 10.0. The fourth-order valence-electron chi connectivity index (χ4n) is 3.43. The molecule has 2 fully saturated rings. The summed E-state index contributed by atoms with van der Waals surface area (Å²) in [6.45, 7) is 1.84. The van der Waals surface area contributed by atoms with Crippen LogP contribution in [0.25, 0.3) is 0 Å². The molecule has 1 atom stereocenters. The van der Waals surface area contributed by atoms with E-state index in [0.717, 1.165) is 38.8 Å². The van der Waals surface area contributed by atoms with E-state index in [9.17, 15) is 13.2 Å². The van der Waals surface area contributed by atoms with Crippen LogP contribution in [0.3, 0.4) is 0 Å². The quantitative estimate of drug-likeness (QED) is 0.846. The lowest BCUT2D eigenvalue weighted by molar-refractivity contribution is -0.135. The number of amides is 1. The number of anilines is 1. The van der Waals surface area contributed by atoms with E-state index >= 15 is 0 Å². The van der Waals surface area contributed by atoms with Crippen molar-refractivity contribution >= 4 is 21.6 Å². The number of nitrogens with two attached hydrogens (primary N) is 1. The third-order valence-electron chi connectivity index (χ3n) is 4.66. The first-order valence-corrected chi connectivity index (χ1v) is 9.61. The molecule has 0 saturated carbocycles. The zero-order valence-corrected chi connectivity index (χ0v) is 14.0. The second-order valence-corrected chi connectivity index (χ2v) is 8.06. The minimum absolute atomic E-state index is 0.0553. The predicted octanol–water partition coefficient (Wildman–Crippen LogP) is 1.43. The van der Waals surface area contributed by atoms with Crippen molar-refractivity contribution in [1.29, 1.82) is 0 Å². The summed E-state index contributed by atoms with van der Waals surface area (Å²) in [5.74, 6) is -0.0553. The van der Waals surface area contributed by atoms with Gasteiger partial charge in [0, 0.05) is 19.6 Å². The summed E-state index contributed by atoms with van der Waals surface area (Å²) in [5.41, 5.74) is 6.08. The molecule has 6 nitrogen and oxygen atoms in total. The molecule has 1 aromatic carbocycles. The van der Waals surface area contributed by atoms with Crippen molar-refractivity contribution in [3.05, 3.63) is 24.3 Å². The van der Waals surface area contributed by atoms with E-state index in [2.05, 4.69) is 0 Å². The van der Waals surface area contributed by atoms with Gasteiger partial charge in [-0.2, -0.15) is 4.31 Å². The molecule has 1 aromatic rings. The Balaban J connectivity index is 1.91. The van der Waals surface area contributed by atoms with Crippen LogP contribution >= 0.6 is 0 Å². The topological polar surface area (TPSA) is 83.7 Å². The first kappa shape index (κ1) is 16.3. The molecular formula is C16H23N3O3S. The van der Waals surface area contributed by atoms with Gasteiger partial charge in [0.1, 0.15) is 10.9 Å². The van der Waals surface area contributed by atoms with Gasteiger partial charge in [-0.25, -0.2) is 8.42 Å². The van der Waals surface area contributed by atoms with Gasteiger partial charge in [-0.05, 0) is 37.8 Å². The molecule has 2 N–H and O–H groups in total. The average molecular weight is 337 g/mol. The van der Waals surface area contributed by atoms with Crippen LogP contribution in [-0.4, -0.2) is 49.2 Å². The highest BCUT2D eigenvalue weighted by Crippen LogP contribution is 2.29. The monoisotopic (exact) mass is 337 g/mol. The van der Waals surface area contributed by atoms with Crippen LogP contribution in [0, 0.1) is 0 Å². The molecule has 2 aliphatic heterocycles. The van der Waals surface area contributed by atoms with Gasteiger partial charge in [-0.1, -0.05) is 18.6 Å². The Kier molecular flexibility index (Phi) is 4.59. The van der Waals surface area contributed by atoms with Crippen LogP contribution in [-0.2, 0) is 14.8 Å². The van der Waals surface area contributed by atoms with Crippen LogP contribution in [0.5, 0.6) is 0 Å². The van der Waals surface area contributed by atoms with Crippen LogP contribution in [0.2, 0.25) is 0 Å². The molecular weight excluding hydrogens is 314 g/mol. The van der Waals surface area contributed by atoms with Gasteiger partial charge in [-0.15, -0.1) is 0 Å². The summed E-state index contributed by atoms with van der Waals surface area (Å²) in [6, 6.07) is 5.86. The Hall–Kier alpha value is -1.60. The molecule has 3 rings (SSSR count). The van der Waals surface area contributed by atoms with Crippen LogP contribution in [0.15, 0.2) is 29.2 Å². The van der Waals surface area contributed by atoms with Crippen molar-refractivity contribution in [1.82, 2.24) is 9.21 Å². The number of carbonyl (C=O) groups excluding carboxylic acids is 1. The summed E-state index contributed by atoms with van der Waals surface area (Å²) in [6.07, 6.45) is 4.23. The number of rotatable bonds is 3. The van der Waals surface area contributed by atoms with E-state index in [1.807, 2.05) is 0 Å². The second kappa shape index (κ2) is 6.49. The SMILES string of the molecule is Nc1ccccc1S(=O)(=O)N1CCCCC1C(=O)N1CCCC1. The largest absolute Gasteiger partial charge is 0.398 e. The van der Waals surface area contributed by atoms with Gasteiger partial charge in [0.2, 0.25) is 15.9 Å². The van der Waals surface area contributed by atoms with Crippen molar-refractivity contribution < 1.29 is 13.2 Å². The minimum atomic E-state index is -3.76. The normalized spacial score (nSPS) is 23.1.